The minimum Gasteiger partial charge on any atom is -0.369 e. The van der Waals surface area contributed by atoms with Crippen molar-refractivity contribution in [1.82, 2.24) is 0 Å². The van der Waals surface area contributed by atoms with Crippen LogP contribution in [0.5, 0.6) is 0 Å². The van der Waals surface area contributed by atoms with Crippen LogP contribution in [0.4, 0.5) is 0 Å². The summed E-state index contributed by atoms with van der Waals surface area (Å²) in [5.41, 5.74) is 0. The topological polar surface area (TPSA) is 0 Å². The molecule has 2 aliphatic rings. The SMILES string of the molecule is CC1C(C)C(C)C(C)C1C.CC1C(C)C(C)C(C)C1C.[CH2-]C([CH2-])C(C)C.[Ti+4]. The Kier molecular flexibility index (Phi) is 14.5. The normalized spacial score (nSPS) is 43.6. The molecule has 1 heteroatoms. The van der Waals surface area contributed by atoms with E-state index in [0.29, 0.717) is 11.8 Å². The van der Waals surface area contributed by atoms with Crippen LogP contribution in [0.1, 0.15) is 83.1 Å². The Hall–Kier alpha value is 0.714. The van der Waals surface area contributed by atoms with E-state index in [2.05, 4.69) is 96.9 Å². The van der Waals surface area contributed by atoms with Gasteiger partial charge in [0.15, 0.2) is 0 Å². The summed E-state index contributed by atoms with van der Waals surface area (Å²) >= 11 is 0. The van der Waals surface area contributed by atoms with Gasteiger partial charge >= 0.3 is 21.7 Å². The number of hydrogen-bond acceptors (Lipinski definition) is 0. The molecule has 0 heterocycles. The van der Waals surface area contributed by atoms with Gasteiger partial charge in [-0.2, -0.15) is 0 Å². The molecular weight excluding hydrogens is 360 g/mol. The predicted octanol–water partition coefficient (Wildman–Crippen LogP) is 8.29. The van der Waals surface area contributed by atoms with Crippen molar-refractivity contribution < 1.29 is 21.7 Å². The molecule has 27 heavy (non-hydrogen) atoms. The summed E-state index contributed by atoms with van der Waals surface area (Å²) in [5, 5.41) is 0. The van der Waals surface area contributed by atoms with Crippen LogP contribution in [0.15, 0.2) is 0 Å². The zero-order valence-corrected chi connectivity index (χ0v) is 22.4. The van der Waals surface area contributed by atoms with Gasteiger partial charge in [-0.15, -0.1) is 0 Å². The van der Waals surface area contributed by atoms with Gasteiger partial charge in [0.05, 0.1) is 0 Å². The summed E-state index contributed by atoms with van der Waals surface area (Å²) in [5.74, 6) is 10.3. The molecule has 0 radical (unpaired) electrons. The Morgan fingerprint density at radius 2 is 0.481 bits per heavy atom. The van der Waals surface area contributed by atoms with E-state index in [1.807, 2.05) is 0 Å². The van der Waals surface area contributed by atoms with Crippen LogP contribution in [-0.4, -0.2) is 0 Å². The summed E-state index contributed by atoms with van der Waals surface area (Å²) in [6.45, 7) is 35.7. The Bertz CT molecular complexity index is 249. The maximum atomic E-state index is 3.73. The van der Waals surface area contributed by atoms with Crippen molar-refractivity contribution in [2.24, 2.45) is 71.0 Å². The summed E-state index contributed by atoms with van der Waals surface area (Å²) in [4.78, 5) is 0. The first kappa shape index (κ1) is 29.9. The van der Waals surface area contributed by atoms with Crippen LogP contribution < -0.4 is 0 Å². The number of hydrogen-bond donors (Lipinski definition) is 0. The monoisotopic (exact) mass is 412 g/mol. The van der Waals surface area contributed by atoms with E-state index in [1.54, 1.807) is 0 Å². The second-order valence-corrected chi connectivity index (χ2v) is 10.6. The molecule has 0 N–H and O–H groups in total. The molecule has 0 aromatic carbocycles. The Balaban J connectivity index is 0. The predicted molar refractivity (Wildman–Crippen MR) is 121 cm³/mol. The average molecular weight is 413 g/mol. The minimum atomic E-state index is 0. The quantitative estimate of drug-likeness (QED) is 0.300. The minimum absolute atomic E-state index is 0. The van der Waals surface area contributed by atoms with E-state index in [4.69, 9.17) is 0 Å². The fraction of sp³-hybridized carbons (Fsp3) is 0.923. The van der Waals surface area contributed by atoms with Crippen LogP contribution in [0.3, 0.4) is 0 Å². The van der Waals surface area contributed by atoms with E-state index in [-0.39, 0.29) is 21.7 Å². The molecule has 0 aromatic rings. The van der Waals surface area contributed by atoms with E-state index in [9.17, 15) is 0 Å². The number of rotatable bonds is 1. The van der Waals surface area contributed by atoms with Crippen LogP contribution in [0.25, 0.3) is 0 Å². The van der Waals surface area contributed by atoms with Crippen molar-refractivity contribution in [2.45, 2.75) is 83.1 Å². The van der Waals surface area contributed by atoms with Crippen molar-refractivity contribution in [3.05, 3.63) is 13.8 Å². The van der Waals surface area contributed by atoms with E-state index in [0.717, 1.165) is 59.2 Å². The zero-order valence-electron chi connectivity index (χ0n) is 20.8. The zero-order chi connectivity index (χ0) is 20.9. The first-order chi connectivity index (χ1) is 11.7. The Morgan fingerprint density at radius 1 is 0.407 bits per heavy atom. The van der Waals surface area contributed by atoms with Crippen LogP contribution >= 0.6 is 0 Å². The summed E-state index contributed by atoms with van der Waals surface area (Å²) in [6.07, 6.45) is 0. The first-order valence-corrected chi connectivity index (χ1v) is 11.4. The second kappa shape index (κ2) is 13.1. The molecule has 2 rings (SSSR count). The Morgan fingerprint density at radius 3 is 0.519 bits per heavy atom. The fourth-order valence-corrected chi connectivity index (χ4v) is 4.79. The van der Waals surface area contributed by atoms with E-state index in [1.165, 1.54) is 0 Å². The largest absolute Gasteiger partial charge is 4.00 e. The van der Waals surface area contributed by atoms with Crippen molar-refractivity contribution in [3.63, 3.8) is 0 Å². The van der Waals surface area contributed by atoms with Crippen molar-refractivity contribution in [2.75, 3.05) is 0 Å². The molecule has 2 fully saturated rings. The maximum absolute atomic E-state index is 3.73. The van der Waals surface area contributed by atoms with Gasteiger partial charge in [0.1, 0.15) is 0 Å². The van der Waals surface area contributed by atoms with Crippen molar-refractivity contribution in [3.8, 4) is 0 Å². The molecule has 0 bridgehead atoms. The second-order valence-electron chi connectivity index (χ2n) is 10.6. The smallest absolute Gasteiger partial charge is 0.369 e. The van der Waals surface area contributed by atoms with Crippen molar-refractivity contribution in [1.29, 1.82) is 0 Å². The van der Waals surface area contributed by atoms with Crippen LogP contribution in [0, 0.1) is 84.9 Å². The molecule has 2 saturated carbocycles. The first-order valence-electron chi connectivity index (χ1n) is 11.4. The molecule has 0 atom stereocenters. The third-order valence-corrected chi connectivity index (χ3v) is 9.24. The molecule has 2 aliphatic carbocycles. The van der Waals surface area contributed by atoms with Crippen molar-refractivity contribution >= 4 is 0 Å². The Labute approximate surface area is 189 Å². The van der Waals surface area contributed by atoms with E-state index >= 15 is 0 Å². The molecule has 0 nitrogen and oxygen atoms in total. The van der Waals surface area contributed by atoms with Gasteiger partial charge in [-0.05, 0) is 59.2 Å². The van der Waals surface area contributed by atoms with E-state index < -0.39 is 0 Å². The molecule has 0 spiro atoms. The summed E-state index contributed by atoms with van der Waals surface area (Å²) in [7, 11) is 0. The summed E-state index contributed by atoms with van der Waals surface area (Å²) < 4.78 is 0. The molecule has 0 aromatic heterocycles. The maximum Gasteiger partial charge on any atom is 4.00 e. The van der Waals surface area contributed by atoms with Gasteiger partial charge < -0.3 is 19.8 Å². The molecule has 0 amide bonds. The van der Waals surface area contributed by atoms with Crippen LogP contribution in [-0.2, 0) is 21.7 Å². The van der Waals surface area contributed by atoms with Gasteiger partial charge in [-0.25, -0.2) is 0 Å². The molecule has 0 saturated heterocycles. The van der Waals surface area contributed by atoms with Gasteiger partial charge in [0.2, 0.25) is 0 Å². The third kappa shape index (κ3) is 8.16. The fourth-order valence-electron chi connectivity index (χ4n) is 4.79. The van der Waals surface area contributed by atoms with Crippen LogP contribution in [0.2, 0.25) is 0 Å². The van der Waals surface area contributed by atoms with Gasteiger partial charge in [-0.3, -0.25) is 0 Å². The van der Waals surface area contributed by atoms with Gasteiger partial charge in [0, 0.05) is 0 Å². The summed E-state index contributed by atoms with van der Waals surface area (Å²) in [6, 6.07) is 0. The standard InChI is InChI=1S/2C10H20.C6H12.Ti/c2*1-6-7(2)9(4)10(5)8(6)3;1-5(2)6(3)4;/h2*6-10H,1-5H3;5-6H,1-2H2,3-4H3;/q;;-2;+4. The molecular formula is C26H52Ti+2. The van der Waals surface area contributed by atoms with Gasteiger partial charge in [-0.1, -0.05) is 89.0 Å². The molecule has 158 valence electrons. The average Bonchev–Trinajstić information content (AvgIpc) is 2.86. The molecule has 0 unspecified atom stereocenters. The van der Waals surface area contributed by atoms with Gasteiger partial charge in [0.25, 0.3) is 0 Å². The molecule has 0 aliphatic heterocycles. The third-order valence-electron chi connectivity index (χ3n) is 9.24.